The van der Waals surface area contributed by atoms with E-state index in [0.29, 0.717) is 0 Å². The molecule has 0 saturated heterocycles. The van der Waals surface area contributed by atoms with Crippen molar-refractivity contribution >= 4 is 16.4 Å². The van der Waals surface area contributed by atoms with E-state index in [0.717, 1.165) is 0 Å². The molecule has 3 aromatic rings. The van der Waals surface area contributed by atoms with Gasteiger partial charge in [0.05, 0.1) is 5.52 Å². The van der Waals surface area contributed by atoms with Crippen molar-refractivity contribution < 1.29 is 0 Å². The SMILES string of the molecule is Cc1ccc2cc3ccccc3n2c1. The van der Waals surface area contributed by atoms with E-state index in [2.05, 4.69) is 60.0 Å². The molecule has 0 bridgehead atoms. The summed E-state index contributed by atoms with van der Waals surface area (Å²) in [6, 6.07) is 15.0. The maximum atomic E-state index is 2.24. The van der Waals surface area contributed by atoms with Gasteiger partial charge in [-0.1, -0.05) is 24.3 Å². The molecule has 68 valence electrons. The molecule has 0 saturated carbocycles. The van der Waals surface area contributed by atoms with Gasteiger partial charge in [-0.05, 0) is 30.7 Å². The van der Waals surface area contributed by atoms with Crippen LogP contribution in [-0.2, 0) is 0 Å². The van der Waals surface area contributed by atoms with E-state index in [-0.39, 0.29) is 0 Å². The Kier molecular flexibility index (Phi) is 1.42. The standard InChI is InChI=1S/C13H11N/c1-10-6-7-12-8-11-4-2-3-5-13(11)14(12)9-10/h2-9H,1H3. The Morgan fingerprint density at radius 2 is 1.86 bits per heavy atom. The molecule has 0 N–H and O–H groups in total. The van der Waals surface area contributed by atoms with Gasteiger partial charge in [0.1, 0.15) is 0 Å². The maximum absolute atomic E-state index is 2.24. The molecule has 3 rings (SSSR count). The summed E-state index contributed by atoms with van der Waals surface area (Å²) in [4.78, 5) is 0. The van der Waals surface area contributed by atoms with Gasteiger partial charge in [0.15, 0.2) is 0 Å². The van der Waals surface area contributed by atoms with Crippen molar-refractivity contribution in [3.05, 3.63) is 54.2 Å². The zero-order valence-corrected chi connectivity index (χ0v) is 8.07. The molecule has 14 heavy (non-hydrogen) atoms. The molecule has 0 aliphatic heterocycles. The highest BCUT2D eigenvalue weighted by Gasteiger charge is 2.00. The smallest absolute Gasteiger partial charge is 0.0528 e. The Balaban J connectivity index is 2.58. The molecule has 0 fully saturated rings. The Morgan fingerprint density at radius 3 is 2.79 bits per heavy atom. The zero-order valence-electron chi connectivity index (χ0n) is 8.07. The molecule has 2 aromatic heterocycles. The van der Waals surface area contributed by atoms with E-state index in [1.165, 1.54) is 22.0 Å². The number of pyridine rings is 1. The van der Waals surface area contributed by atoms with Crippen LogP contribution in [0.25, 0.3) is 16.4 Å². The van der Waals surface area contributed by atoms with Crippen LogP contribution >= 0.6 is 0 Å². The Bertz CT molecular complexity index is 605. The van der Waals surface area contributed by atoms with E-state index in [4.69, 9.17) is 0 Å². The van der Waals surface area contributed by atoms with Gasteiger partial charge in [-0.15, -0.1) is 0 Å². The highest BCUT2D eigenvalue weighted by Crippen LogP contribution is 2.20. The predicted molar refractivity (Wildman–Crippen MR) is 59.6 cm³/mol. The van der Waals surface area contributed by atoms with Crippen molar-refractivity contribution in [2.45, 2.75) is 6.92 Å². The predicted octanol–water partition coefficient (Wildman–Crippen LogP) is 3.40. The molecule has 0 amide bonds. The van der Waals surface area contributed by atoms with E-state index >= 15 is 0 Å². The minimum absolute atomic E-state index is 1.26. The highest BCUT2D eigenvalue weighted by molar-refractivity contribution is 5.87. The Labute approximate surface area is 82.6 Å². The molecule has 0 aliphatic carbocycles. The second kappa shape index (κ2) is 2.61. The fraction of sp³-hybridized carbons (Fsp3) is 0.0769. The van der Waals surface area contributed by atoms with Crippen LogP contribution in [0.5, 0.6) is 0 Å². The first-order valence-corrected chi connectivity index (χ1v) is 4.81. The van der Waals surface area contributed by atoms with Crippen LogP contribution in [0.2, 0.25) is 0 Å². The van der Waals surface area contributed by atoms with Gasteiger partial charge >= 0.3 is 0 Å². The molecule has 0 aliphatic rings. The third kappa shape index (κ3) is 0.956. The lowest BCUT2D eigenvalue weighted by molar-refractivity contribution is 1.21. The number of hydrogen-bond acceptors (Lipinski definition) is 0. The van der Waals surface area contributed by atoms with Crippen LogP contribution in [-0.4, -0.2) is 4.40 Å². The Hall–Kier alpha value is -1.76. The molecule has 0 spiro atoms. The zero-order chi connectivity index (χ0) is 9.54. The normalized spacial score (nSPS) is 11.2. The summed E-state index contributed by atoms with van der Waals surface area (Å²) in [5, 5.41) is 1.30. The van der Waals surface area contributed by atoms with Gasteiger partial charge in [-0.25, -0.2) is 0 Å². The first-order valence-electron chi connectivity index (χ1n) is 4.81. The van der Waals surface area contributed by atoms with E-state index in [1.54, 1.807) is 0 Å². The molecule has 0 radical (unpaired) electrons. The number of para-hydroxylation sites is 1. The third-order valence-electron chi connectivity index (χ3n) is 2.63. The van der Waals surface area contributed by atoms with E-state index in [9.17, 15) is 0 Å². The van der Waals surface area contributed by atoms with Crippen molar-refractivity contribution in [2.75, 3.05) is 0 Å². The van der Waals surface area contributed by atoms with Gasteiger partial charge in [0, 0.05) is 17.1 Å². The maximum Gasteiger partial charge on any atom is 0.0528 e. The number of aryl methyl sites for hydroxylation is 1. The summed E-state index contributed by atoms with van der Waals surface area (Å²) in [7, 11) is 0. The van der Waals surface area contributed by atoms with Crippen molar-refractivity contribution in [2.24, 2.45) is 0 Å². The van der Waals surface area contributed by atoms with Crippen molar-refractivity contribution in [3.8, 4) is 0 Å². The minimum atomic E-state index is 1.26. The fourth-order valence-electron chi connectivity index (χ4n) is 1.93. The van der Waals surface area contributed by atoms with Crippen molar-refractivity contribution in [3.63, 3.8) is 0 Å². The number of benzene rings is 1. The van der Waals surface area contributed by atoms with Crippen LogP contribution in [0.3, 0.4) is 0 Å². The minimum Gasteiger partial charge on any atom is -0.316 e. The monoisotopic (exact) mass is 181 g/mol. The van der Waals surface area contributed by atoms with E-state index < -0.39 is 0 Å². The second-order valence-corrected chi connectivity index (χ2v) is 3.70. The van der Waals surface area contributed by atoms with Gasteiger partial charge in [0.2, 0.25) is 0 Å². The lowest BCUT2D eigenvalue weighted by Crippen LogP contribution is -1.83. The van der Waals surface area contributed by atoms with Crippen molar-refractivity contribution in [1.82, 2.24) is 4.40 Å². The third-order valence-corrected chi connectivity index (χ3v) is 2.63. The fourth-order valence-corrected chi connectivity index (χ4v) is 1.93. The number of fused-ring (bicyclic) bond motifs is 3. The lowest BCUT2D eigenvalue weighted by atomic mass is 10.2. The van der Waals surface area contributed by atoms with Crippen LogP contribution in [0.4, 0.5) is 0 Å². The topological polar surface area (TPSA) is 4.41 Å². The van der Waals surface area contributed by atoms with Crippen LogP contribution in [0.15, 0.2) is 48.7 Å². The van der Waals surface area contributed by atoms with E-state index in [1.807, 2.05) is 0 Å². The molecule has 1 heteroatoms. The quantitative estimate of drug-likeness (QED) is 0.500. The molecule has 1 aromatic carbocycles. The summed E-state index contributed by atoms with van der Waals surface area (Å²) >= 11 is 0. The first kappa shape index (κ1) is 7.63. The van der Waals surface area contributed by atoms with Gasteiger partial charge < -0.3 is 4.40 Å². The van der Waals surface area contributed by atoms with Gasteiger partial charge in [-0.3, -0.25) is 0 Å². The molecular weight excluding hydrogens is 170 g/mol. The summed E-state index contributed by atoms with van der Waals surface area (Å²) in [5.41, 5.74) is 3.84. The second-order valence-electron chi connectivity index (χ2n) is 3.70. The highest BCUT2D eigenvalue weighted by atomic mass is 14.9. The molecule has 1 nitrogen and oxygen atoms in total. The average Bonchev–Trinajstić information content (AvgIpc) is 2.56. The number of nitrogens with zero attached hydrogens (tertiary/aromatic N) is 1. The molecule has 2 heterocycles. The number of hydrogen-bond donors (Lipinski definition) is 0. The Morgan fingerprint density at radius 1 is 1.00 bits per heavy atom. The van der Waals surface area contributed by atoms with Crippen LogP contribution < -0.4 is 0 Å². The van der Waals surface area contributed by atoms with Gasteiger partial charge in [-0.2, -0.15) is 0 Å². The average molecular weight is 181 g/mol. The van der Waals surface area contributed by atoms with Crippen molar-refractivity contribution in [1.29, 1.82) is 0 Å². The summed E-state index contributed by atoms with van der Waals surface area (Å²) in [6.45, 7) is 2.12. The first-order chi connectivity index (χ1) is 6.84. The van der Waals surface area contributed by atoms with Gasteiger partial charge in [0.25, 0.3) is 0 Å². The molecular formula is C13H11N. The van der Waals surface area contributed by atoms with Crippen LogP contribution in [0, 0.1) is 6.92 Å². The van der Waals surface area contributed by atoms with Crippen LogP contribution in [0.1, 0.15) is 5.56 Å². The lowest BCUT2D eigenvalue weighted by Gasteiger charge is -1.98. The number of rotatable bonds is 0. The number of aromatic nitrogens is 1. The summed E-state index contributed by atoms with van der Waals surface area (Å²) < 4.78 is 2.24. The molecule has 0 unspecified atom stereocenters. The summed E-state index contributed by atoms with van der Waals surface area (Å²) in [6.07, 6.45) is 2.18. The molecule has 0 atom stereocenters. The summed E-state index contributed by atoms with van der Waals surface area (Å²) in [5.74, 6) is 0. The largest absolute Gasteiger partial charge is 0.316 e.